The lowest BCUT2D eigenvalue weighted by molar-refractivity contribution is -0.141. The lowest BCUT2D eigenvalue weighted by Crippen LogP contribution is -2.46. The zero-order valence-corrected chi connectivity index (χ0v) is 13.4. The third kappa shape index (κ3) is 3.11. The molecule has 2 fully saturated rings. The van der Waals surface area contributed by atoms with Gasteiger partial charge in [0, 0.05) is 18.7 Å². The van der Waals surface area contributed by atoms with Gasteiger partial charge in [-0.2, -0.15) is 0 Å². The Morgan fingerprint density at radius 1 is 1.22 bits per heavy atom. The predicted octanol–water partition coefficient (Wildman–Crippen LogP) is 2.69. The van der Waals surface area contributed by atoms with Gasteiger partial charge in [0.25, 0.3) is 5.91 Å². The van der Waals surface area contributed by atoms with Crippen LogP contribution in [0.5, 0.6) is 0 Å². The number of carboxylic acid groups (broad SMARTS) is 1. The average molecular weight is 317 g/mol. The van der Waals surface area contributed by atoms with E-state index in [0.717, 1.165) is 31.2 Å². The van der Waals surface area contributed by atoms with Crippen LogP contribution in [0, 0.1) is 5.92 Å². The highest BCUT2D eigenvalue weighted by molar-refractivity contribution is 5.97. The first-order chi connectivity index (χ1) is 11.1. The molecule has 1 aliphatic heterocycles. The van der Waals surface area contributed by atoms with Gasteiger partial charge in [0.2, 0.25) is 0 Å². The van der Waals surface area contributed by atoms with Crippen molar-refractivity contribution >= 4 is 11.9 Å². The summed E-state index contributed by atoms with van der Waals surface area (Å²) in [6.07, 6.45) is 4.76. The quantitative estimate of drug-likeness (QED) is 0.927. The van der Waals surface area contributed by atoms with E-state index in [2.05, 4.69) is 0 Å². The molecule has 3 rings (SSSR count). The lowest BCUT2D eigenvalue weighted by atomic mass is 9.84. The molecule has 1 saturated carbocycles. The second kappa shape index (κ2) is 6.71. The van der Waals surface area contributed by atoms with Crippen LogP contribution < -0.4 is 0 Å². The topological polar surface area (TPSA) is 66.8 Å². The lowest BCUT2D eigenvalue weighted by Gasteiger charge is -2.33. The van der Waals surface area contributed by atoms with E-state index in [1.807, 2.05) is 12.1 Å². The van der Waals surface area contributed by atoms with E-state index in [0.29, 0.717) is 24.5 Å². The summed E-state index contributed by atoms with van der Waals surface area (Å²) in [4.78, 5) is 26.2. The summed E-state index contributed by atoms with van der Waals surface area (Å²) in [5, 5.41) is 9.53. The molecule has 1 N–H and O–H groups in total. The van der Waals surface area contributed by atoms with Gasteiger partial charge in [0.1, 0.15) is 6.04 Å². The third-order valence-corrected chi connectivity index (χ3v) is 5.12. The number of fused-ring (bicyclic) bond motifs is 1. The molecule has 0 unspecified atom stereocenters. The van der Waals surface area contributed by atoms with Gasteiger partial charge in [-0.3, -0.25) is 4.79 Å². The van der Waals surface area contributed by atoms with Crippen LogP contribution in [-0.4, -0.2) is 41.1 Å². The maximum atomic E-state index is 12.9. The Morgan fingerprint density at radius 3 is 2.57 bits per heavy atom. The molecule has 1 aliphatic carbocycles. The summed E-state index contributed by atoms with van der Waals surface area (Å²) in [7, 11) is 1.63. The van der Waals surface area contributed by atoms with Crippen molar-refractivity contribution in [1.29, 1.82) is 0 Å². The predicted molar refractivity (Wildman–Crippen MR) is 85.1 cm³/mol. The number of ether oxygens (including phenoxy) is 1. The molecule has 0 radical (unpaired) electrons. The van der Waals surface area contributed by atoms with Crippen molar-refractivity contribution in [3.05, 3.63) is 35.4 Å². The van der Waals surface area contributed by atoms with E-state index in [1.165, 1.54) is 0 Å². The molecule has 3 atom stereocenters. The van der Waals surface area contributed by atoms with E-state index >= 15 is 0 Å². The molecule has 1 aromatic carbocycles. The highest BCUT2D eigenvalue weighted by Gasteiger charge is 2.47. The Labute approximate surface area is 136 Å². The molecule has 23 heavy (non-hydrogen) atoms. The average Bonchev–Trinajstić information content (AvgIpc) is 2.95. The fourth-order valence-electron chi connectivity index (χ4n) is 4.03. The molecular weight excluding hydrogens is 294 g/mol. The number of hydrogen-bond donors (Lipinski definition) is 1. The van der Waals surface area contributed by atoms with Crippen LogP contribution in [0.3, 0.4) is 0 Å². The van der Waals surface area contributed by atoms with Crippen molar-refractivity contribution in [1.82, 2.24) is 4.90 Å². The van der Waals surface area contributed by atoms with E-state index in [1.54, 1.807) is 24.1 Å². The number of nitrogens with zero attached hydrogens (tertiary/aromatic N) is 1. The van der Waals surface area contributed by atoms with Crippen LogP contribution in [0.1, 0.15) is 48.0 Å². The SMILES string of the molecule is COCc1ccc(C(=O)N2[C@H](C(=O)O)C[C@@H]3CCCC[C@@H]32)cc1. The van der Waals surface area contributed by atoms with Crippen LogP contribution in [-0.2, 0) is 16.1 Å². The van der Waals surface area contributed by atoms with E-state index in [9.17, 15) is 14.7 Å². The summed E-state index contributed by atoms with van der Waals surface area (Å²) < 4.78 is 5.07. The van der Waals surface area contributed by atoms with Gasteiger partial charge in [-0.05, 0) is 42.9 Å². The number of benzene rings is 1. The molecule has 124 valence electrons. The number of carboxylic acids is 1. The first-order valence-corrected chi connectivity index (χ1v) is 8.25. The Kier molecular flexibility index (Phi) is 4.66. The fraction of sp³-hybridized carbons (Fsp3) is 0.556. The monoisotopic (exact) mass is 317 g/mol. The van der Waals surface area contributed by atoms with Gasteiger partial charge in [-0.25, -0.2) is 4.79 Å². The largest absolute Gasteiger partial charge is 0.480 e. The zero-order valence-electron chi connectivity index (χ0n) is 13.4. The minimum absolute atomic E-state index is 0.0796. The van der Waals surface area contributed by atoms with Crippen LogP contribution in [0.4, 0.5) is 0 Å². The molecule has 1 saturated heterocycles. The van der Waals surface area contributed by atoms with E-state index in [-0.39, 0.29) is 11.9 Å². The molecule has 2 aliphatic rings. The molecule has 5 nitrogen and oxygen atoms in total. The number of carbonyl (C=O) groups is 2. The number of hydrogen-bond acceptors (Lipinski definition) is 3. The highest BCUT2D eigenvalue weighted by Crippen LogP contribution is 2.40. The van der Waals surface area contributed by atoms with Crippen molar-refractivity contribution in [2.24, 2.45) is 5.92 Å². The number of methoxy groups -OCH3 is 1. The van der Waals surface area contributed by atoms with Crippen molar-refractivity contribution in [2.75, 3.05) is 7.11 Å². The second-order valence-electron chi connectivity index (χ2n) is 6.54. The molecule has 1 amide bonds. The van der Waals surface area contributed by atoms with Gasteiger partial charge in [-0.1, -0.05) is 25.0 Å². The summed E-state index contributed by atoms with van der Waals surface area (Å²) in [5.74, 6) is -0.707. The molecule has 1 heterocycles. The maximum Gasteiger partial charge on any atom is 0.326 e. The Morgan fingerprint density at radius 2 is 1.91 bits per heavy atom. The summed E-state index contributed by atoms with van der Waals surface area (Å²) in [6, 6.07) is 6.66. The minimum atomic E-state index is -0.885. The van der Waals surface area contributed by atoms with Crippen molar-refractivity contribution in [3.63, 3.8) is 0 Å². The molecule has 1 aromatic rings. The van der Waals surface area contributed by atoms with Gasteiger partial charge < -0.3 is 14.7 Å². The summed E-state index contributed by atoms with van der Waals surface area (Å²) >= 11 is 0. The number of aliphatic carboxylic acids is 1. The van der Waals surface area contributed by atoms with E-state index < -0.39 is 12.0 Å². The number of likely N-dealkylation sites (tertiary alicyclic amines) is 1. The van der Waals surface area contributed by atoms with Crippen LogP contribution in [0.25, 0.3) is 0 Å². The van der Waals surface area contributed by atoms with Crippen LogP contribution in [0.15, 0.2) is 24.3 Å². The number of carbonyl (C=O) groups excluding carboxylic acids is 1. The normalized spacial score (nSPS) is 26.8. The third-order valence-electron chi connectivity index (χ3n) is 5.12. The van der Waals surface area contributed by atoms with Crippen molar-refractivity contribution in [3.8, 4) is 0 Å². The van der Waals surface area contributed by atoms with Crippen molar-refractivity contribution < 1.29 is 19.4 Å². The molecule has 0 spiro atoms. The number of amides is 1. The van der Waals surface area contributed by atoms with E-state index in [4.69, 9.17) is 4.74 Å². The molecule has 0 aromatic heterocycles. The number of rotatable bonds is 4. The molecule has 0 bridgehead atoms. The Balaban J connectivity index is 1.84. The highest BCUT2D eigenvalue weighted by atomic mass is 16.5. The van der Waals surface area contributed by atoms with Gasteiger partial charge in [-0.15, -0.1) is 0 Å². The Bertz CT molecular complexity index is 583. The zero-order chi connectivity index (χ0) is 16.4. The molecular formula is C18H23NO4. The first-order valence-electron chi connectivity index (χ1n) is 8.25. The van der Waals surface area contributed by atoms with Crippen LogP contribution in [0.2, 0.25) is 0 Å². The standard InChI is InChI=1S/C18H23NO4/c1-23-11-12-6-8-13(9-7-12)17(20)19-15-5-3-2-4-14(15)10-16(19)18(21)22/h6-9,14-16H,2-5,10-11H2,1H3,(H,21,22)/t14-,15-,16-/m0/s1. The molecule has 5 heteroatoms. The van der Waals surface area contributed by atoms with Crippen LogP contribution >= 0.6 is 0 Å². The van der Waals surface area contributed by atoms with Crippen molar-refractivity contribution in [2.45, 2.75) is 50.8 Å². The maximum absolute atomic E-state index is 12.9. The van der Waals surface area contributed by atoms with Gasteiger partial charge in [0.15, 0.2) is 0 Å². The fourth-order valence-corrected chi connectivity index (χ4v) is 4.03. The minimum Gasteiger partial charge on any atom is -0.480 e. The summed E-state index contributed by atoms with van der Waals surface area (Å²) in [6.45, 7) is 0.501. The smallest absolute Gasteiger partial charge is 0.326 e. The van der Waals surface area contributed by atoms with Gasteiger partial charge >= 0.3 is 5.97 Å². The Hall–Kier alpha value is -1.88. The second-order valence-corrected chi connectivity index (χ2v) is 6.54. The first kappa shape index (κ1) is 16.0. The summed E-state index contributed by atoms with van der Waals surface area (Å²) in [5.41, 5.74) is 1.55. The van der Waals surface area contributed by atoms with Gasteiger partial charge in [0.05, 0.1) is 6.61 Å².